The molecule has 0 aliphatic carbocycles. The molecule has 0 spiro atoms. The highest BCUT2D eigenvalue weighted by Crippen LogP contribution is 2.22. The van der Waals surface area contributed by atoms with Gasteiger partial charge in [0.25, 0.3) is 11.5 Å². The molecule has 1 aromatic carbocycles. The van der Waals surface area contributed by atoms with Gasteiger partial charge < -0.3 is 14.8 Å². The molecule has 1 aliphatic heterocycles. The normalized spacial score (nSPS) is 17.4. The number of anilines is 1. The first kappa shape index (κ1) is 16.8. The Morgan fingerprint density at radius 1 is 1.35 bits per heavy atom. The number of benzene rings is 1. The van der Waals surface area contributed by atoms with Crippen molar-refractivity contribution in [3.63, 3.8) is 0 Å². The zero-order valence-electron chi connectivity index (χ0n) is 14.5. The van der Waals surface area contributed by atoms with E-state index in [0.29, 0.717) is 17.9 Å². The largest absolute Gasteiger partial charge is 0.350 e. The fourth-order valence-corrected chi connectivity index (χ4v) is 4.14. The van der Waals surface area contributed by atoms with Crippen molar-refractivity contribution in [1.82, 2.24) is 14.9 Å². The summed E-state index contributed by atoms with van der Waals surface area (Å²) in [6.07, 6.45) is 5.09. The zero-order chi connectivity index (χ0) is 18.1. The molecule has 0 saturated carbocycles. The van der Waals surface area contributed by atoms with Crippen LogP contribution < -0.4 is 15.8 Å². The molecule has 3 heterocycles. The number of hydrogen-bond donors (Lipinski definition) is 1. The van der Waals surface area contributed by atoms with Crippen LogP contribution in [0.2, 0.25) is 0 Å². The van der Waals surface area contributed by atoms with E-state index >= 15 is 0 Å². The number of aromatic nitrogens is 2. The van der Waals surface area contributed by atoms with E-state index in [4.69, 9.17) is 0 Å². The average Bonchev–Trinajstić information content (AvgIpc) is 3.12. The number of piperidine rings is 1. The fraction of sp³-hybridized carbons (Fsp3) is 0.316. The molecule has 26 heavy (non-hydrogen) atoms. The number of carbonyl (C=O) groups excluding carboxylic acids is 1. The number of thiophene rings is 1. The molecule has 134 valence electrons. The molecule has 1 aliphatic rings. The molecular formula is C19H20N4O2S. The van der Waals surface area contributed by atoms with E-state index < -0.39 is 0 Å². The minimum absolute atomic E-state index is 0.00105. The number of carbonyl (C=O) groups is 1. The molecule has 1 amide bonds. The third-order valence-corrected chi connectivity index (χ3v) is 5.67. The van der Waals surface area contributed by atoms with Gasteiger partial charge in [0.2, 0.25) is 0 Å². The van der Waals surface area contributed by atoms with Gasteiger partial charge in [-0.25, -0.2) is 4.98 Å². The Kier molecular flexibility index (Phi) is 4.46. The van der Waals surface area contributed by atoms with Crippen LogP contribution in [0.1, 0.15) is 23.2 Å². The Balaban J connectivity index is 1.48. The van der Waals surface area contributed by atoms with Crippen LogP contribution >= 0.6 is 11.3 Å². The number of fused-ring (bicyclic) bond motifs is 1. The first-order chi connectivity index (χ1) is 12.6. The van der Waals surface area contributed by atoms with Gasteiger partial charge in [-0.2, -0.15) is 0 Å². The van der Waals surface area contributed by atoms with Gasteiger partial charge in [-0.05, 0) is 47.9 Å². The van der Waals surface area contributed by atoms with E-state index in [1.54, 1.807) is 30.8 Å². The highest BCUT2D eigenvalue weighted by Gasteiger charge is 2.24. The SMILES string of the molecule is Cn1ccnc(N2CCCC(NC(=O)c3ccc4sccc4c3)C2)c1=O. The summed E-state index contributed by atoms with van der Waals surface area (Å²) in [5.41, 5.74) is 0.559. The predicted octanol–water partition coefficient (Wildman–Crippen LogP) is 2.39. The molecule has 1 atom stereocenters. The number of rotatable bonds is 3. The van der Waals surface area contributed by atoms with Crippen LogP contribution in [0.4, 0.5) is 5.82 Å². The van der Waals surface area contributed by atoms with Crippen LogP contribution in [0.25, 0.3) is 10.1 Å². The molecule has 1 fully saturated rings. The second-order valence-corrected chi connectivity index (χ2v) is 7.55. The van der Waals surface area contributed by atoms with Gasteiger partial charge in [-0.15, -0.1) is 11.3 Å². The molecule has 4 rings (SSSR count). The molecule has 2 aromatic heterocycles. The van der Waals surface area contributed by atoms with Gasteiger partial charge in [-0.1, -0.05) is 0 Å². The summed E-state index contributed by atoms with van der Waals surface area (Å²) in [6.45, 7) is 1.37. The van der Waals surface area contributed by atoms with Gasteiger partial charge in [0.1, 0.15) is 0 Å². The Labute approximate surface area is 155 Å². The summed E-state index contributed by atoms with van der Waals surface area (Å²) < 4.78 is 2.71. The summed E-state index contributed by atoms with van der Waals surface area (Å²) >= 11 is 1.67. The second kappa shape index (κ2) is 6.92. The monoisotopic (exact) mass is 368 g/mol. The molecule has 0 bridgehead atoms. The van der Waals surface area contributed by atoms with Gasteiger partial charge in [0, 0.05) is 48.8 Å². The van der Waals surface area contributed by atoms with Crippen LogP contribution in [0.15, 0.2) is 46.8 Å². The number of nitrogens with one attached hydrogen (secondary N) is 1. The lowest BCUT2D eigenvalue weighted by Crippen LogP contribution is -2.49. The minimum Gasteiger partial charge on any atom is -0.350 e. The third-order valence-electron chi connectivity index (χ3n) is 4.77. The van der Waals surface area contributed by atoms with Crippen molar-refractivity contribution >= 4 is 33.1 Å². The minimum atomic E-state index is -0.109. The molecule has 6 nitrogen and oxygen atoms in total. The Hall–Kier alpha value is -2.67. The lowest BCUT2D eigenvalue weighted by atomic mass is 10.0. The third kappa shape index (κ3) is 3.22. The summed E-state index contributed by atoms with van der Waals surface area (Å²) in [6, 6.07) is 7.80. The van der Waals surface area contributed by atoms with Gasteiger partial charge in [0.05, 0.1) is 0 Å². The van der Waals surface area contributed by atoms with Crippen LogP contribution in [-0.4, -0.2) is 34.6 Å². The van der Waals surface area contributed by atoms with Crippen molar-refractivity contribution in [1.29, 1.82) is 0 Å². The number of aryl methyl sites for hydroxylation is 1. The van der Waals surface area contributed by atoms with Crippen LogP contribution in [0.5, 0.6) is 0 Å². The maximum Gasteiger partial charge on any atom is 0.293 e. The van der Waals surface area contributed by atoms with E-state index in [0.717, 1.165) is 24.8 Å². The Bertz CT molecular complexity index is 1010. The van der Waals surface area contributed by atoms with E-state index in [2.05, 4.69) is 10.3 Å². The zero-order valence-corrected chi connectivity index (χ0v) is 15.3. The van der Waals surface area contributed by atoms with E-state index in [1.165, 1.54) is 9.27 Å². The second-order valence-electron chi connectivity index (χ2n) is 6.60. The smallest absolute Gasteiger partial charge is 0.293 e. The van der Waals surface area contributed by atoms with Crippen molar-refractivity contribution in [2.45, 2.75) is 18.9 Å². The molecule has 1 unspecified atom stereocenters. The van der Waals surface area contributed by atoms with Gasteiger partial charge in [-0.3, -0.25) is 9.59 Å². The number of amides is 1. The predicted molar refractivity (Wildman–Crippen MR) is 104 cm³/mol. The van der Waals surface area contributed by atoms with Crippen molar-refractivity contribution < 1.29 is 4.79 Å². The topological polar surface area (TPSA) is 67.2 Å². The van der Waals surface area contributed by atoms with Crippen LogP contribution in [0.3, 0.4) is 0 Å². The molecular weight excluding hydrogens is 348 g/mol. The van der Waals surface area contributed by atoms with Crippen molar-refractivity contribution in [2.24, 2.45) is 7.05 Å². The average molecular weight is 368 g/mol. The first-order valence-electron chi connectivity index (χ1n) is 8.66. The first-order valence-corrected chi connectivity index (χ1v) is 9.54. The number of hydrogen-bond acceptors (Lipinski definition) is 5. The summed E-state index contributed by atoms with van der Waals surface area (Å²) in [5, 5.41) is 6.23. The lowest BCUT2D eigenvalue weighted by molar-refractivity contribution is 0.0933. The molecule has 1 saturated heterocycles. The Morgan fingerprint density at radius 2 is 2.23 bits per heavy atom. The van der Waals surface area contributed by atoms with Crippen LogP contribution in [0, 0.1) is 0 Å². The van der Waals surface area contributed by atoms with Gasteiger partial charge in [0.15, 0.2) is 5.82 Å². The highest BCUT2D eigenvalue weighted by molar-refractivity contribution is 7.17. The summed E-state index contributed by atoms with van der Waals surface area (Å²) in [4.78, 5) is 31.1. The lowest BCUT2D eigenvalue weighted by Gasteiger charge is -2.33. The van der Waals surface area contributed by atoms with Crippen LogP contribution in [-0.2, 0) is 7.05 Å². The summed E-state index contributed by atoms with van der Waals surface area (Å²) in [7, 11) is 1.72. The molecule has 1 N–H and O–H groups in total. The molecule has 7 heteroatoms. The highest BCUT2D eigenvalue weighted by atomic mass is 32.1. The maximum atomic E-state index is 12.6. The van der Waals surface area contributed by atoms with Crippen molar-refractivity contribution in [2.75, 3.05) is 18.0 Å². The fourth-order valence-electron chi connectivity index (χ4n) is 3.37. The molecule has 0 radical (unpaired) electrons. The quantitative estimate of drug-likeness (QED) is 0.771. The van der Waals surface area contributed by atoms with Crippen molar-refractivity contribution in [3.8, 4) is 0 Å². The maximum absolute atomic E-state index is 12.6. The van der Waals surface area contributed by atoms with E-state index in [1.807, 2.05) is 34.5 Å². The van der Waals surface area contributed by atoms with Gasteiger partial charge >= 0.3 is 0 Å². The molecule has 3 aromatic rings. The van der Waals surface area contributed by atoms with Crippen molar-refractivity contribution in [3.05, 3.63) is 58.0 Å². The van der Waals surface area contributed by atoms with E-state index in [-0.39, 0.29) is 17.5 Å². The standard InChI is InChI=1S/C19H20N4O2S/c1-22-9-7-20-17(19(22)25)23-8-2-3-15(12-23)21-18(24)14-4-5-16-13(11-14)6-10-26-16/h4-7,9-11,15H,2-3,8,12H2,1H3,(H,21,24). The summed E-state index contributed by atoms with van der Waals surface area (Å²) in [5.74, 6) is 0.382. The van der Waals surface area contributed by atoms with E-state index in [9.17, 15) is 9.59 Å². The number of nitrogens with zero attached hydrogens (tertiary/aromatic N) is 3. The Morgan fingerprint density at radius 3 is 3.12 bits per heavy atom.